The number of hydrogen-bond acceptors (Lipinski definition) is 4. The summed E-state index contributed by atoms with van der Waals surface area (Å²) in [6.45, 7) is 2.50. The van der Waals surface area contributed by atoms with Gasteiger partial charge in [0.2, 0.25) is 10.0 Å². The molecule has 2 N–H and O–H groups in total. The van der Waals surface area contributed by atoms with E-state index in [-0.39, 0.29) is 0 Å². The van der Waals surface area contributed by atoms with Crippen LogP contribution in [-0.4, -0.2) is 39.4 Å². The predicted molar refractivity (Wildman–Crippen MR) is 80.8 cm³/mol. The Hall–Kier alpha value is -0.180. The largest absolute Gasteiger partial charge is 0.286 e. The van der Waals surface area contributed by atoms with Crippen LogP contribution in [0, 0.1) is 0 Å². The Kier molecular flexibility index (Phi) is 10.4. The maximum atomic E-state index is 11.4. The summed E-state index contributed by atoms with van der Waals surface area (Å²) >= 11 is 0. The maximum absolute atomic E-state index is 11.4. The summed E-state index contributed by atoms with van der Waals surface area (Å²) in [7, 11) is -7.84. The monoisotopic (exact) mass is 329 g/mol. The average Bonchev–Trinajstić information content (AvgIpc) is 2.34. The molecule has 0 aliphatic heterocycles. The SMILES string of the molecule is CCCCCCCCCCNS(=O)(=O)CCS(=O)(=O)O. The van der Waals surface area contributed by atoms with Crippen LogP contribution >= 0.6 is 0 Å². The summed E-state index contributed by atoms with van der Waals surface area (Å²) in [5.74, 6) is -1.36. The highest BCUT2D eigenvalue weighted by Gasteiger charge is 2.14. The molecule has 0 spiro atoms. The molecule has 0 saturated carbocycles. The first-order valence-electron chi connectivity index (χ1n) is 7.19. The number of rotatable bonds is 13. The van der Waals surface area contributed by atoms with Crippen molar-refractivity contribution in [2.45, 2.75) is 58.3 Å². The smallest absolute Gasteiger partial charge is 0.265 e. The van der Waals surface area contributed by atoms with Gasteiger partial charge in [-0.15, -0.1) is 0 Å². The van der Waals surface area contributed by atoms with E-state index in [0.29, 0.717) is 6.54 Å². The first-order chi connectivity index (χ1) is 9.27. The Morgan fingerprint density at radius 1 is 0.800 bits per heavy atom. The van der Waals surface area contributed by atoms with Crippen molar-refractivity contribution in [1.29, 1.82) is 0 Å². The van der Waals surface area contributed by atoms with Crippen LogP contribution in [-0.2, 0) is 20.1 Å². The van der Waals surface area contributed by atoms with Crippen molar-refractivity contribution in [3.05, 3.63) is 0 Å². The molecule has 0 bridgehead atoms. The van der Waals surface area contributed by atoms with Crippen LogP contribution in [0.4, 0.5) is 0 Å². The van der Waals surface area contributed by atoms with E-state index in [4.69, 9.17) is 4.55 Å². The second-order valence-electron chi connectivity index (χ2n) is 4.97. The second-order valence-corrected chi connectivity index (χ2v) is 8.47. The Bertz CT molecular complexity index is 431. The van der Waals surface area contributed by atoms with Crippen molar-refractivity contribution in [1.82, 2.24) is 4.72 Å². The summed E-state index contributed by atoms with van der Waals surface area (Å²) in [6.07, 6.45) is 8.98. The van der Waals surface area contributed by atoms with E-state index in [2.05, 4.69) is 11.6 Å². The van der Waals surface area contributed by atoms with Gasteiger partial charge in [0.1, 0.15) is 0 Å². The molecule has 0 aliphatic rings. The molecule has 0 atom stereocenters. The molecular formula is C12H27NO5S2. The van der Waals surface area contributed by atoms with E-state index in [1.807, 2.05) is 0 Å². The predicted octanol–water partition coefficient (Wildman–Crippen LogP) is 1.93. The molecule has 122 valence electrons. The highest BCUT2D eigenvalue weighted by atomic mass is 32.2. The Morgan fingerprint density at radius 3 is 1.80 bits per heavy atom. The first kappa shape index (κ1) is 19.8. The molecule has 0 heterocycles. The zero-order valence-corrected chi connectivity index (χ0v) is 13.8. The van der Waals surface area contributed by atoms with E-state index >= 15 is 0 Å². The molecular weight excluding hydrogens is 302 g/mol. The second kappa shape index (κ2) is 10.5. The first-order valence-corrected chi connectivity index (χ1v) is 10.5. The third-order valence-corrected chi connectivity index (χ3v) is 5.33. The lowest BCUT2D eigenvalue weighted by Gasteiger charge is -2.05. The molecule has 0 fully saturated rings. The number of unbranched alkanes of at least 4 members (excludes halogenated alkanes) is 7. The summed E-state index contributed by atoms with van der Waals surface area (Å²) in [5, 5.41) is 0. The maximum Gasteiger partial charge on any atom is 0.265 e. The van der Waals surface area contributed by atoms with Crippen LogP contribution < -0.4 is 4.72 Å². The molecule has 0 unspecified atom stereocenters. The van der Waals surface area contributed by atoms with Crippen LogP contribution in [0.3, 0.4) is 0 Å². The van der Waals surface area contributed by atoms with Crippen molar-refractivity contribution in [2.24, 2.45) is 0 Å². The zero-order chi connectivity index (χ0) is 15.5. The normalized spacial score (nSPS) is 12.7. The van der Waals surface area contributed by atoms with E-state index in [1.54, 1.807) is 0 Å². The quantitative estimate of drug-likeness (QED) is 0.397. The lowest BCUT2D eigenvalue weighted by molar-refractivity contribution is 0.483. The van der Waals surface area contributed by atoms with Crippen molar-refractivity contribution in [3.8, 4) is 0 Å². The molecule has 0 aromatic heterocycles. The minimum atomic E-state index is -4.23. The van der Waals surface area contributed by atoms with Crippen molar-refractivity contribution in [3.63, 3.8) is 0 Å². The summed E-state index contributed by atoms with van der Waals surface area (Å²) in [4.78, 5) is 0. The Labute approximate surface area is 123 Å². The van der Waals surface area contributed by atoms with Crippen LogP contribution in [0.15, 0.2) is 0 Å². The number of sulfonamides is 1. The molecule has 0 amide bonds. The standard InChI is InChI=1S/C12H27NO5S2/c1-2-3-4-5-6-7-8-9-10-13-19(14,15)11-12-20(16,17)18/h13H,2-12H2,1H3,(H,16,17,18). The fourth-order valence-electron chi connectivity index (χ4n) is 1.77. The topological polar surface area (TPSA) is 101 Å². The highest BCUT2D eigenvalue weighted by Crippen LogP contribution is 2.08. The highest BCUT2D eigenvalue weighted by molar-refractivity contribution is 7.91. The van der Waals surface area contributed by atoms with Gasteiger partial charge in [-0.3, -0.25) is 4.55 Å². The minimum Gasteiger partial charge on any atom is -0.286 e. The Morgan fingerprint density at radius 2 is 1.30 bits per heavy atom. The van der Waals surface area contributed by atoms with Crippen molar-refractivity contribution >= 4 is 20.1 Å². The molecule has 0 aromatic carbocycles. The van der Waals surface area contributed by atoms with E-state index < -0.39 is 31.6 Å². The molecule has 0 radical (unpaired) electrons. The van der Waals surface area contributed by atoms with E-state index in [1.165, 1.54) is 32.1 Å². The summed E-state index contributed by atoms with van der Waals surface area (Å²) in [5.41, 5.74) is 0. The van der Waals surface area contributed by atoms with Gasteiger partial charge in [0.25, 0.3) is 10.1 Å². The minimum absolute atomic E-state index is 0.322. The van der Waals surface area contributed by atoms with Gasteiger partial charge in [-0.1, -0.05) is 51.9 Å². The molecule has 6 nitrogen and oxygen atoms in total. The fraction of sp³-hybridized carbons (Fsp3) is 1.00. The lowest BCUT2D eigenvalue weighted by atomic mass is 10.1. The van der Waals surface area contributed by atoms with Gasteiger partial charge in [-0.25, -0.2) is 13.1 Å². The third kappa shape index (κ3) is 14.2. The third-order valence-electron chi connectivity index (χ3n) is 2.96. The fourth-order valence-corrected chi connectivity index (χ4v) is 4.09. The van der Waals surface area contributed by atoms with Gasteiger partial charge >= 0.3 is 0 Å². The van der Waals surface area contributed by atoms with Crippen molar-refractivity contribution in [2.75, 3.05) is 18.1 Å². The Balaban J connectivity index is 3.54. The van der Waals surface area contributed by atoms with Gasteiger partial charge in [0.05, 0.1) is 11.5 Å². The van der Waals surface area contributed by atoms with E-state index in [0.717, 1.165) is 19.3 Å². The van der Waals surface area contributed by atoms with Crippen LogP contribution in [0.25, 0.3) is 0 Å². The molecule has 0 saturated heterocycles. The molecule has 20 heavy (non-hydrogen) atoms. The molecule has 0 aliphatic carbocycles. The summed E-state index contributed by atoms with van der Waals surface area (Å²) in [6, 6.07) is 0. The van der Waals surface area contributed by atoms with Gasteiger partial charge in [0, 0.05) is 6.54 Å². The number of nitrogens with one attached hydrogen (secondary N) is 1. The van der Waals surface area contributed by atoms with E-state index in [9.17, 15) is 16.8 Å². The molecule has 0 aromatic rings. The van der Waals surface area contributed by atoms with Crippen LogP contribution in [0.1, 0.15) is 58.3 Å². The van der Waals surface area contributed by atoms with Gasteiger partial charge < -0.3 is 0 Å². The van der Waals surface area contributed by atoms with Crippen LogP contribution in [0.5, 0.6) is 0 Å². The lowest BCUT2D eigenvalue weighted by Crippen LogP contribution is -2.30. The van der Waals surface area contributed by atoms with Gasteiger partial charge in [-0.2, -0.15) is 8.42 Å². The average molecular weight is 329 g/mol. The molecule has 8 heteroatoms. The number of hydrogen-bond donors (Lipinski definition) is 2. The zero-order valence-electron chi connectivity index (χ0n) is 12.2. The van der Waals surface area contributed by atoms with Crippen LogP contribution in [0.2, 0.25) is 0 Å². The van der Waals surface area contributed by atoms with Gasteiger partial charge in [-0.05, 0) is 6.42 Å². The summed E-state index contributed by atoms with van der Waals surface area (Å²) < 4.78 is 54.6. The molecule has 0 rings (SSSR count). The van der Waals surface area contributed by atoms with Gasteiger partial charge in [0.15, 0.2) is 0 Å². The van der Waals surface area contributed by atoms with Crippen molar-refractivity contribution < 1.29 is 21.4 Å².